The summed E-state index contributed by atoms with van der Waals surface area (Å²) >= 11 is 0. The predicted octanol–water partition coefficient (Wildman–Crippen LogP) is 1.71. The van der Waals surface area contributed by atoms with Crippen LogP contribution in [0, 0.1) is 5.92 Å². The number of carbonyl (C=O) groups is 1. The van der Waals surface area contributed by atoms with Crippen molar-refractivity contribution in [1.82, 2.24) is 20.0 Å². The number of aryl methyl sites for hydroxylation is 1. The van der Waals surface area contributed by atoms with Crippen molar-refractivity contribution in [1.29, 1.82) is 0 Å². The third-order valence-corrected chi connectivity index (χ3v) is 5.52. The molecule has 0 radical (unpaired) electrons. The van der Waals surface area contributed by atoms with Gasteiger partial charge in [-0.15, -0.1) is 0 Å². The van der Waals surface area contributed by atoms with Gasteiger partial charge in [-0.3, -0.25) is 9.48 Å². The summed E-state index contributed by atoms with van der Waals surface area (Å²) in [5.74, 6) is 0.328. The standard InChI is InChI=1S/C20H26N4O2/c1-14-11-24(19(13-26-14)15-6-4-3-5-7-15)20(25)18-10-21-9-17(18)16-8-22-23(2)12-16/h3-8,12,14,17-19,21H,9-11,13H2,1-2H3/t14?,17-,18+,19?/m1/s1. The number of hydrogen-bond donors (Lipinski definition) is 1. The number of rotatable bonds is 3. The Bertz CT molecular complexity index is 760. The first kappa shape index (κ1) is 17.2. The summed E-state index contributed by atoms with van der Waals surface area (Å²) in [5.41, 5.74) is 2.27. The Hall–Kier alpha value is -2.18. The van der Waals surface area contributed by atoms with E-state index in [0.717, 1.165) is 17.7 Å². The predicted molar refractivity (Wildman–Crippen MR) is 98.6 cm³/mol. The summed E-state index contributed by atoms with van der Waals surface area (Å²) in [5, 5.41) is 7.69. The van der Waals surface area contributed by atoms with Gasteiger partial charge in [-0.2, -0.15) is 5.10 Å². The van der Waals surface area contributed by atoms with E-state index >= 15 is 0 Å². The second-order valence-corrected chi connectivity index (χ2v) is 7.38. The van der Waals surface area contributed by atoms with Gasteiger partial charge in [0.25, 0.3) is 0 Å². The largest absolute Gasteiger partial charge is 0.374 e. The van der Waals surface area contributed by atoms with Crippen LogP contribution in [0.1, 0.15) is 30.0 Å². The maximum atomic E-state index is 13.5. The smallest absolute Gasteiger partial charge is 0.228 e. The van der Waals surface area contributed by atoms with Gasteiger partial charge in [0.15, 0.2) is 0 Å². The molecular weight excluding hydrogens is 328 g/mol. The van der Waals surface area contributed by atoms with Crippen LogP contribution in [0.4, 0.5) is 0 Å². The van der Waals surface area contributed by atoms with Gasteiger partial charge < -0.3 is 15.0 Å². The van der Waals surface area contributed by atoms with Gasteiger partial charge in [0.2, 0.25) is 5.91 Å². The molecule has 3 heterocycles. The minimum absolute atomic E-state index is 0.0185. The first-order valence-electron chi connectivity index (χ1n) is 9.29. The van der Waals surface area contributed by atoms with Crippen LogP contribution in [0.15, 0.2) is 42.7 Å². The van der Waals surface area contributed by atoms with Crippen molar-refractivity contribution >= 4 is 5.91 Å². The van der Waals surface area contributed by atoms with Crippen LogP contribution in [0.25, 0.3) is 0 Å². The molecule has 0 spiro atoms. The first-order chi connectivity index (χ1) is 12.6. The molecule has 1 N–H and O–H groups in total. The number of morpholine rings is 1. The van der Waals surface area contributed by atoms with E-state index in [9.17, 15) is 4.79 Å². The molecule has 2 aliphatic rings. The van der Waals surface area contributed by atoms with Crippen molar-refractivity contribution < 1.29 is 9.53 Å². The fourth-order valence-electron chi connectivity index (χ4n) is 4.13. The quantitative estimate of drug-likeness (QED) is 0.912. The molecule has 2 aromatic rings. The van der Waals surface area contributed by atoms with Crippen LogP contribution in [0.3, 0.4) is 0 Å². The number of benzene rings is 1. The number of amides is 1. The number of nitrogens with one attached hydrogen (secondary N) is 1. The molecule has 6 heteroatoms. The van der Waals surface area contributed by atoms with Crippen molar-refractivity contribution in [2.45, 2.75) is 25.0 Å². The highest BCUT2D eigenvalue weighted by Gasteiger charge is 2.41. The van der Waals surface area contributed by atoms with E-state index in [0.29, 0.717) is 19.7 Å². The van der Waals surface area contributed by atoms with Gasteiger partial charge >= 0.3 is 0 Å². The summed E-state index contributed by atoms with van der Waals surface area (Å²) in [4.78, 5) is 15.6. The van der Waals surface area contributed by atoms with Crippen LogP contribution in [-0.4, -0.2) is 52.9 Å². The molecule has 2 unspecified atom stereocenters. The maximum Gasteiger partial charge on any atom is 0.228 e. The van der Waals surface area contributed by atoms with E-state index in [-0.39, 0.29) is 29.9 Å². The van der Waals surface area contributed by atoms with Gasteiger partial charge in [-0.1, -0.05) is 30.3 Å². The maximum absolute atomic E-state index is 13.5. The Labute approximate surface area is 154 Å². The van der Waals surface area contributed by atoms with Gasteiger partial charge in [0, 0.05) is 38.8 Å². The lowest BCUT2D eigenvalue weighted by molar-refractivity contribution is -0.148. The van der Waals surface area contributed by atoms with Gasteiger partial charge in [-0.25, -0.2) is 0 Å². The molecule has 1 aromatic carbocycles. The van der Waals surface area contributed by atoms with Crippen molar-refractivity contribution in [3.8, 4) is 0 Å². The lowest BCUT2D eigenvalue weighted by atomic mass is 9.88. The summed E-state index contributed by atoms with van der Waals surface area (Å²) in [6, 6.07) is 10.2. The molecule has 26 heavy (non-hydrogen) atoms. The fourth-order valence-corrected chi connectivity index (χ4v) is 4.13. The normalized spacial score (nSPS) is 29.1. The summed E-state index contributed by atoms with van der Waals surface area (Å²) in [6.45, 7) is 4.75. The number of aromatic nitrogens is 2. The zero-order valence-electron chi connectivity index (χ0n) is 15.3. The molecule has 2 saturated heterocycles. The van der Waals surface area contributed by atoms with Crippen LogP contribution in [0.2, 0.25) is 0 Å². The molecule has 1 aromatic heterocycles. The molecule has 2 fully saturated rings. The van der Waals surface area contributed by atoms with Crippen molar-refractivity contribution in [2.24, 2.45) is 13.0 Å². The monoisotopic (exact) mass is 354 g/mol. The Morgan fingerprint density at radius 2 is 2.04 bits per heavy atom. The average molecular weight is 354 g/mol. The Morgan fingerprint density at radius 1 is 1.23 bits per heavy atom. The van der Waals surface area contributed by atoms with E-state index in [1.54, 1.807) is 4.68 Å². The third-order valence-electron chi connectivity index (χ3n) is 5.52. The summed E-state index contributed by atoms with van der Waals surface area (Å²) < 4.78 is 7.68. The molecule has 4 rings (SSSR count). The van der Waals surface area contributed by atoms with Gasteiger partial charge in [0.05, 0.1) is 30.9 Å². The lowest BCUT2D eigenvalue weighted by Crippen LogP contribution is -2.49. The van der Waals surface area contributed by atoms with E-state index in [1.807, 2.05) is 49.5 Å². The van der Waals surface area contributed by atoms with Gasteiger partial charge in [0.1, 0.15) is 0 Å². The van der Waals surface area contributed by atoms with Crippen LogP contribution in [-0.2, 0) is 16.6 Å². The highest BCUT2D eigenvalue weighted by molar-refractivity contribution is 5.81. The SMILES string of the molecule is CC1CN(C(=O)[C@H]2CNC[C@@H]2c2cnn(C)c2)C(c2ccccc2)CO1. The number of hydrogen-bond acceptors (Lipinski definition) is 4. The third kappa shape index (κ3) is 3.27. The second-order valence-electron chi connectivity index (χ2n) is 7.38. The molecule has 4 atom stereocenters. The van der Waals surface area contributed by atoms with E-state index in [2.05, 4.69) is 22.5 Å². The zero-order valence-corrected chi connectivity index (χ0v) is 15.3. The van der Waals surface area contributed by atoms with Crippen LogP contribution < -0.4 is 5.32 Å². The molecule has 0 aliphatic carbocycles. The topological polar surface area (TPSA) is 59.4 Å². The molecule has 138 valence electrons. The molecule has 0 bridgehead atoms. The minimum atomic E-state index is -0.0595. The van der Waals surface area contributed by atoms with E-state index < -0.39 is 0 Å². The average Bonchev–Trinajstić information content (AvgIpc) is 3.30. The molecule has 1 amide bonds. The molecule has 2 aliphatic heterocycles. The Kier molecular flexibility index (Phi) is 4.78. The minimum Gasteiger partial charge on any atom is -0.374 e. The Morgan fingerprint density at radius 3 is 2.77 bits per heavy atom. The highest BCUT2D eigenvalue weighted by Crippen LogP contribution is 2.34. The van der Waals surface area contributed by atoms with Crippen LogP contribution >= 0.6 is 0 Å². The lowest BCUT2D eigenvalue weighted by Gasteiger charge is -2.40. The number of ether oxygens (including phenoxy) is 1. The molecule has 6 nitrogen and oxygen atoms in total. The fraction of sp³-hybridized carbons (Fsp3) is 0.500. The molecular formula is C20H26N4O2. The van der Waals surface area contributed by atoms with Crippen LogP contribution in [0.5, 0.6) is 0 Å². The number of carbonyl (C=O) groups excluding carboxylic acids is 1. The van der Waals surface area contributed by atoms with Crippen molar-refractivity contribution in [3.63, 3.8) is 0 Å². The van der Waals surface area contributed by atoms with Crippen molar-refractivity contribution in [3.05, 3.63) is 53.9 Å². The van der Waals surface area contributed by atoms with E-state index in [4.69, 9.17) is 4.74 Å². The second kappa shape index (κ2) is 7.21. The van der Waals surface area contributed by atoms with E-state index in [1.165, 1.54) is 0 Å². The first-order valence-corrected chi connectivity index (χ1v) is 9.29. The summed E-state index contributed by atoms with van der Waals surface area (Å²) in [6.07, 6.45) is 3.97. The van der Waals surface area contributed by atoms with Gasteiger partial charge in [-0.05, 0) is 18.1 Å². The van der Waals surface area contributed by atoms with Crippen molar-refractivity contribution in [2.75, 3.05) is 26.2 Å². The molecule has 0 saturated carbocycles. The zero-order chi connectivity index (χ0) is 18.1. The summed E-state index contributed by atoms with van der Waals surface area (Å²) in [7, 11) is 1.91. The highest BCUT2D eigenvalue weighted by atomic mass is 16.5. The number of nitrogens with zero attached hydrogens (tertiary/aromatic N) is 3. The Balaban J connectivity index is 1.59.